The minimum Gasteiger partial charge on any atom is -0.443 e. The topological polar surface area (TPSA) is 104 Å². The van der Waals surface area contributed by atoms with Gasteiger partial charge in [-0.05, 0) is 107 Å². The van der Waals surface area contributed by atoms with Crippen molar-refractivity contribution in [1.29, 1.82) is 0 Å². The predicted molar refractivity (Wildman–Crippen MR) is 374 cm³/mol. The Labute approximate surface area is 526 Å². The maximum atomic E-state index is 10.2. The van der Waals surface area contributed by atoms with E-state index in [1.165, 1.54) is 101 Å². The Hall–Kier alpha value is -3.03. The van der Waals surface area contributed by atoms with Crippen molar-refractivity contribution in [3.63, 3.8) is 0 Å². The molecule has 8 nitrogen and oxygen atoms in total. The molecular formula is C76H146O8. The second-order valence-electron chi connectivity index (χ2n) is 21.3. The molecule has 1 saturated carbocycles. The summed E-state index contributed by atoms with van der Waals surface area (Å²) in [6.45, 7) is 45.1. The van der Waals surface area contributed by atoms with Crippen molar-refractivity contribution in [2.45, 2.75) is 323 Å². The molecule has 2 N–H and O–H groups in total. The van der Waals surface area contributed by atoms with Gasteiger partial charge in [0.05, 0.1) is 51.8 Å². The Kier molecular flexibility index (Phi) is 94.8. The number of carbonyl (C=O) groups is 1. The number of ether oxygens (including phenoxy) is 5. The predicted octanol–water partition coefficient (Wildman–Crippen LogP) is 22.0. The molecule has 84 heavy (non-hydrogen) atoms. The summed E-state index contributed by atoms with van der Waals surface area (Å²) in [5.74, 6) is 1.48. The van der Waals surface area contributed by atoms with Gasteiger partial charge < -0.3 is 33.9 Å². The molecule has 1 aromatic rings. The maximum absolute atomic E-state index is 10.2. The smallest absolute Gasteiger partial charge is 0.132 e. The second kappa shape index (κ2) is 84.2. The first-order valence-corrected chi connectivity index (χ1v) is 34.6. The third kappa shape index (κ3) is 75.1. The summed E-state index contributed by atoms with van der Waals surface area (Å²) in [5, 5.41) is 17.6. The number of carbonyl (C=O) groups excluding carboxylic acids is 1. The number of allylic oxidation sites excluding steroid dienone is 6. The first kappa shape index (κ1) is 94.6. The summed E-state index contributed by atoms with van der Waals surface area (Å²) in [7, 11) is 0. The van der Waals surface area contributed by atoms with Crippen LogP contribution in [0.2, 0.25) is 0 Å². The van der Waals surface area contributed by atoms with Crippen LogP contribution in [0.1, 0.15) is 303 Å². The van der Waals surface area contributed by atoms with E-state index in [0.717, 1.165) is 116 Å². The number of aliphatic hydroxyl groups excluding tert-OH is 2. The Morgan fingerprint density at radius 2 is 1.00 bits per heavy atom. The molecule has 2 aliphatic rings. The molecule has 3 atom stereocenters. The molecule has 0 aromatic heterocycles. The molecule has 0 bridgehead atoms. The van der Waals surface area contributed by atoms with E-state index in [1.807, 2.05) is 27.7 Å². The molecule has 3 rings (SSSR count). The number of unbranched alkanes of at least 4 members (excludes halogenated alkanes) is 3. The Balaban J connectivity index is -0.000000160. The van der Waals surface area contributed by atoms with E-state index in [9.17, 15) is 4.79 Å². The average Bonchev–Trinajstić information content (AvgIpc) is 3.59. The maximum Gasteiger partial charge on any atom is 0.132 e. The van der Waals surface area contributed by atoms with Crippen LogP contribution >= 0.6 is 0 Å². The summed E-state index contributed by atoms with van der Waals surface area (Å²) >= 11 is 0. The summed E-state index contributed by atoms with van der Waals surface area (Å²) < 4.78 is 26.7. The van der Waals surface area contributed by atoms with Crippen LogP contribution in [0.3, 0.4) is 0 Å². The number of hydrogen-bond acceptors (Lipinski definition) is 8. The Bertz CT molecular complexity index is 1410. The van der Waals surface area contributed by atoms with Crippen molar-refractivity contribution in [2.24, 2.45) is 11.3 Å². The van der Waals surface area contributed by atoms with Gasteiger partial charge in [0.15, 0.2) is 0 Å². The SMILES string of the molecule is C#COC(CC)Cc1ccccc1CCC.CC/C=C/CC.CC/C=C/COC/C=C/CC.CCC(=O)CC.CCC(CC)(CO)CO.CCC1COC(CC)CO1.CCC=CCC.CCCCC.CCCCC1CCC1.CCCOCCC. The van der Waals surface area contributed by atoms with Gasteiger partial charge in [0.25, 0.3) is 0 Å². The molecule has 1 saturated heterocycles. The highest BCUT2D eigenvalue weighted by molar-refractivity contribution is 5.77. The number of benzene rings is 1. The molecule has 1 heterocycles. The van der Waals surface area contributed by atoms with Gasteiger partial charge >= 0.3 is 0 Å². The van der Waals surface area contributed by atoms with Gasteiger partial charge in [-0.2, -0.15) is 0 Å². The monoisotopic (exact) mass is 1190 g/mol. The third-order valence-electron chi connectivity index (χ3n) is 13.8. The van der Waals surface area contributed by atoms with Crippen molar-refractivity contribution in [3.05, 3.63) is 84.0 Å². The molecule has 1 aliphatic carbocycles. The van der Waals surface area contributed by atoms with E-state index < -0.39 is 0 Å². The van der Waals surface area contributed by atoms with E-state index in [1.54, 1.807) is 0 Å². The highest BCUT2D eigenvalue weighted by Crippen LogP contribution is 2.30. The van der Waals surface area contributed by atoms with Gasteiger partial charge in [-0.3, -0.25) is 4.79 Å². The number of rotatable bonds is 33. The van der Waals surface area contributed by atoms with Gasteiger partial charge in [0, 0.05) is 37.9 Å². The fourth-order valence-electron chi connectivity index (χ4n) is 7.29. The molecule has 1 aromatic carbocycles. The van der Waals surface area contributed by atoms with Crippen LogP contribution in [0.5, 0.6) is 0 Å². The molecule has 0 amide bonds. The zero-order valence-electron chi connectivity index (χ0n) is 59.4. The number of hydrogen-bond donors (Lipinski definition) is 2. The van der Waals surface area contributed by atoms with Crippen molar-refractivity contribution in [1.82, 2.24) is 0 Å². The molecule has 0 radical (unpaired) electrons. The van der Waals surface area contributed by atoms with Gasteiger partial charge in [0.1, 0.15) is 18.0 Å². The first-order chi connectivity index (χ1) is 40.7. The fraction of sp³-hybridized carbons (Fsp3) is 0.776. The molecule has 498 valence electrons. The number of aryl methyl sites for hydroxylation is 1. The van der Waals surface area contributed by atoms with E-state index in [0.29, 0.717) is 30.8 Å². The standard InChI is InChI=1S/C15H20O.C10H18O.C8H16O2.C8H16.C7H16O2.C6H14O.2C6H12.C5H10O.C5H12/c1-4-9-13-10-7-8-11-14(13)12-15(5-2)16-6-3;1-3-5-7-9-11-10-8-6-4-2;1-3-7-5-10-8(4-2)6-9-7;1-2-3-5-8-6-4-7-8;1-3-7(4-2,5-8)6-9;1-3-5-7-6-4-2;2*1-3-5-6-4-2;1-3-5(6)4-2;1-3-5-4-2/h3,7-8,10-11,15H,4-5,9,12H2,1-2H3;5-8H,3-4,9-10H2,1-2H3;7-8H,3-6H2,1-2H3;8H,2-7H2,1H3;8-9H,3-6H2,1-2H3;3-6H2,1-2H3;2*5-6H,3-4H2,1-2H3;3-4H2,1-2H3;3-5H2,1-2H3/b;7-5+,8-6+;;;;;6-5+;;;. The fourth-order valence-corrected chi connectivity index (χ4v) is 7.29. The number of Topliss-reactive ketones (excluding diaryl/α,β-unsaturated/α-hetero) is 1. The zero-order chi connectivity index (χ0) is 65.0. The highest BCUT2D eigenvalue weighted by atomic mass is 16.6. The average molecular weight is 1190 g/mol. The molecule has 3 unspecified atom stereocenters. The van der Waals surface area contributed by atoms with Gasteiger partial charge in [-0.1, -0.05) is 275 Å². The lowest BCUT2D eigenvalue weighted by Crippen LogP contribution is -2.34. The Morgan fingerprint density at radius 1 is 0.583 bits per heavy atom. The lowest BCUT2D eigenvalue weighted by molar-refractivity contribution is -0.133. The van der Waals surface area contributed by atoms with Crippen molar-refractivity contribution in [2.75, 3.05) is 52.9 Å². The summed E-state index contributed by atoms with van der Waals surface area (Å²) in [6, 6.07) is 8.55. The molecule has 0 spiro atoms. The first-order valence-electron chi connectivity index (χ1n) is 34.6. The van der Waals surface area contributed by atoms with Gasteiger partial charge in [-0.15, -0.1) is 0 Å². The summed E-state index contributed by atoms with van der Waals surface area (Å²) in [6.07, 6.45) is 56.9. The second-order valence-corrected chi connectivity index (χ2v) is 21.3. The molecular weight excluding hydrogens is 1040 g/mol. The summed E-state index contributed by atoms with van der Waals surface area (Å²) in [4.78, 5) is 10.2. The minimum atomic E-state index is -0.222. The van der Waals surface area contributed by atoms with Gasteiger partial charge in [0.2, 0.25) is 0 Å². The van der Waals surface area contributed by atoms with Crippen LogP contribution in [-0.2, 0) is 41.3 Å². The Morgan fingerprint density at radius 3 is 1.25 bits per heavy atom. The van der Waals surface area contributed by atoms with E-state index in [2.05, 4.69) is 183 Å². The highest BCUT2D eigenvalue weighted by Gasteiger charge is 2.23. The lowest BCUT2D eigenvalue weighted by Gasteiger charge is -2.28. The summed E-state index contributed by atoms with van der Waals surface area (Å²) in [5.41, 5.74) is 2.57. The van der Waals surface area contributed by atoms with Crippen LogP contribution in [0, 0.1) is 23.9 Å². The van der Waals surface area contributed by atoms with Crippen LogP contribution in [-0.4, -0.2) is 87.2 Å². The van der Waals surface area contributed by atoms with Crippen LogP contribution in [0.4, 0.5) is 0 Å². The van der Waals surface area contributed by atoms with Crippen LogP contribution in [0.25, 0.3) is 0 Å². The van der Waals surface area contributed by atoms with Gasteiger partial charge in [-0.25, -0.2) is 0 Å². The molecule has 8 heteroatoms. The quantitative estimate of drug-likeness (QED) is 0.0408. The van der Waals surface area contributed by atoms with E-state index in [-0.39, 0.29) is 24.7 Å². The van der Waals surface area contributed by atoms with Crippen molar-refractivity contribution < 1.29 is 38.7 Å². The number of ketones is 1. The number of aliphatic hydroxyl groups is 2. The normalized spacial score (nSPS) is 14.5. The molecule has 2 fully saturated rings. The van der Waals surface area contributed by atoms with E-state index in [4.69, 9.17) is 40.3 Å². The zero-order valence-corrected chi connectivity index (χ0v) is 59.4. The largest absolute Gasteiger partial charge is 0.443 e. The van der Waals surface area contributed by atoms with Crippen LogP contribution < -0.4 is 0 Å². The van der Waals surface area contributed by atoms with Crippen molar-refractivity contribution in [3.8, 4) is 12.5 Å². The van der Waals surface area contributed by atoms with Crippen LogP contribution in [0.15, 0.2) is 72.9 Å². The molecule has 1 aliphatic heterocycles. The lowest BCUT2D eigenvalue weighted by atomic mass is 9.82. The minimum absolute atomic E-state index is 0.0938. The van der Waals surface area contributed by atoms with Crippen molar-refractivity contribution >= 4 is 5.78 Å². The number of terminal acetylenes is 1. The van der Waals surface area contributed by atoms with E-state index >= 15 is 0 Å². The third-order valence-corrected chi connectivity index (χ3v) is 13.8.